The van der Waals surface area contributed by atoms with Crippen molar-refractivity contribution in [1.82, 2.24) is 5.32 Å². The maximum absolute atomic E-state index is 11.2. The highest BCUT2D eigenvalue weighted by Crippen LogP contribution is 2.17. The van der Waals surface area contributed by atoms with Crippen molar-refractivity contribution in [3.63, 3.8) is 0 Å². The van der Waals surface area contributed by atoms with Crippen molar-refractivity contribution in [1.29, 1.82) is 0 Å². The zero-order chi connectivity index (χ0) is 11.3. The first-order chi connectivity index (χ1) is 7.13. The Morgan fingerprint density at radius 2 is 2.27 bits per heavy atom. The van der Waals surface area contributed by atoms with Crippen LogP contribution in [0.5, 0.6) is 0 Å². The second-order valence-electron chi connectivity index (χ2n) is 3.13. The van der Waals surface area contributed by atoms with Crippen LogP contribution < -0.4 is 5.32 Å². The van der Waals surface area contributed by atoms with Gasteiger partial charge < -0.3 is 5.32 Å². The van der Waals surface area contributed by atoms with Gasteiger partial charge in [-0.3, -0.25) is 4.79 Å². The van der Waals surface area contributed by atoms with Crippen LogP contribution >= 0.6 is 15.9 Å². The van der Waals surface area contributed by atoms with Crippen LogP contribution in [0.25, 0.3) is 0 Å². The van der Waals surface area contributed by atoms with E-state index in [-0.39, 0.29) is 11.9 Å². The summed E-state index contributed by atoms with van der Waals surface area (Å²) in [7, 11) is 0. The highest BCUT2D eigenvalue weighted by molar-refractivity contribution is 9.10. The Kier molecular flexibility index (Phi) is 4.38. The van der Waals surface area contributed by atoms with E-state index in [1.807, 2.05) is 31.2 Å². The van der Waals surface area contributed by atoms with Crippen molar-refractivity contribution in [3.8, 4) is 11.8 Å². The third kappa shape index (κ3) is 3.77. The molecule has 1 amide bonds. The van der Waals surface area contributed by atoms with Crippen LogP contribution in [-0.4, -0.2) is 5.91 Å². The minimum absolute atomic E-state index is 0.0316. The van der Waals surface area contributed by atoms with Crippen LogP contribution in [0, 0.1) is 11.8 Å². The average Bonchev–Trinajstić information content (AvgIpc) is 2.18. The molecule has 78 valence electrons. The van der Waals surface area contributed by atoms with Gasteiger partial charge >= 0.3 is 0 Å². The molecule has 1 atom stereocenters. The Labute approximate surface area is 98.2 Å². The van der Waals surface area contributed by atoms with Crippen LogP contribution in [0.4, 0.5) is 0 Å². The van der Waals surface area contributed by atoms with Gasteiger partial charge in [-0.05, 0) is 37.5 Å². The van der Waals surface area contributed by atoms with E-state index in [9.17, 15) is 4.79 Å². The van der Waals surface area contributed by atoms with Crippen LogP contribution in [0.1, 0.15) is 25.5 Å². The van der Waals surface area contributed by atoms with Gasteiger partial charge in [-0.1, -0.05) is 34.0 Å². The molecule has 0 bridgehead atoms. The maximum Gasteiger partial charge on any atom is 0.296 e. The average molecular weight is 266 g/mol. The molecule has 0 aliphatic heterocycles. The number of carbonyl (C=O) groups excluding carboxylic acids is 1. The number of hydrogen-bond donors (Lipinski definition) is 1. The summed E-state index contributed by atoms with van der Waals surface area (Å²) in [5, 5.41) is 2.79. The molecule has 0 spiro atoms. The molecule has 1 aromatic rings. The fourth-order valence-corrected chi connectivity index (χ4v) is 1.62. The first-order valence-electron chi connectivity index (χ1n) is 4.62. The van der Waals surface area contributed by atoms with Gasteiger partial charge in [0.1, 0.15) is 0 Å². The Bertz CT molecular complexity index is 417. The third-order valence-electron chi connectivity index (χ3n) is 1.93. The topological polar surface area (TPSA) is 29.1 Å². The number of benzene rings is 1. The van der Waals surface area contributed by atoms with Gasteiger partial charge in [-0.2, -0.15) is 0 Å². The Morgan fingerprint density at radius 3 is 2.87 bits per heavy atom. The number of hydrogen-bond acceptors (Lipinski definition) is 1. The molecule has 0 saturated heterocycles. The van der Waals surface area contributed by atoms with Gasteiger partial charge in [-0.25, -0.2) is 0 Å². The predicted octanol–water partition coefficient (Wildman–Crippen LogP) is 2.65. The first-order valence-corrected chi connectivity index (χ1v) is 5.41. The second kappa shape index (κ2) is 5.57. The van der Waals surface area contributed by atoms with Crippen LogP contribution in [0.3, 0.4) is 0 Å². The molecule has 0 aliphatic rings. The van der Waals surface area contributed by atoms with Gasteiger partial charge in [0.2, 0.25) is 0 Å². The molecule has 1 rings (SSSR count). The molecular formula is C12H12BrNO. The minimum atomic E-state index is -0.245. The molecule has 2 nitrogen and oxygen atoms in total. The van der Waals surface area contributed by atoms with E-state index in [4.69, 9.17) is 0 Å². The molecule has 1 unspecified atom stereocenters. The molecule has 0 heterocycles. The predicted molar refractivity (Wildman–Crippen MR) is 64.1 cm³/mol. The lowest BCUT2D eigenvalue weighted by Crippen LogP contribution is -2.24. The molecular weight excluding hydrogens is 254 g/mol. The van der Waals surface area contributed by atoms with Gasteiger partial charge in [0.05, 0.1) is 6.04 Å². The number of halogens is 1. The van der Waals surface area contributed by atoms with Crippen molar-refractivity contribution in [2.75, 3.05) is 0 Å². The quantitative estimate of drug-likeness (QED) is 0.819. The van der Waals surface area contributed by atoms with Crippen molar-refractivity contribution < 1.29 is 4.79 Å². The zero-order valence-electron chi connectivity index (χ0n) is 8.67. The van der Waals surface area contributed by atoms with E-state index < -0.39 is 0 Å². The summed E-state index contributed by atoms with van der Waals surface area (Å²) in [6.07, 6.45) is 0. The number of carbonyl (C=O) groups is 1. The zero-order valence-corrected chi connectivity index (χ0v) is 10.3. The van der Waals surface area contributed by atoms with Crippen LogP contribution in [0.2, 0.25) is 0 Å². The Balaban J connectivity index is 2.71. The molecule has 1 aromatic carbocycles. The summed E-state index contributed by atoms with van der Waals surface area (Å²) in [6, 6.07) is 7.80. The summed E-state index contributed by atoms with van der Waals surface area (Å²) in [5.41, 5.74) is 1.05. The van der Waals surface area contributed by atoms with Crippen molar-refractivity contribution >= 4 is 21.8 Å². The smallest absolute Gasteiger partial charge is 0.296 e. The Hall–Kier alpha value is -1.27. The van der Waals surface area contributed by atoms with Gasteiger partial charge in [-0.15, -0.1) is 0 Å². The normalized spacial score (nSPS) is 11.1. The molecule has 1 N–H and O–H groups in total. The molecule has 15 heavy (non-hydrogen) atoms. The summed E-state index contributed by atoms with van der Waals surface area (Å²) in [4.78, 5) is 11.2. The van der Waals surface area contributed by atoms with E-state index in [1.54, 1.807) is 6.92 Å². The van der Waals surface area contributed by atoms with E-state index in [0.29, 0.717) is 0 Å². The Morgan fingerprint density at radius 1 is 1.53 bits per heavy atom. The van der Waals surface area contributed by atoms with Crippen molar-refractivity contribution in [2.24, 2.45) is 0 Å². The lowest BCUT2D eigenvalue weighted by molar-refractivity contribution is -0.116. The largest absolute Gasteiger partial charge is 0.339 e. The highest BCUT2D eigenvalue weighted by atomic mass is 79.9. The standard InChI is InChI=1S/C12H12BrNO/c1-3-5-12(15)14-9(2)10-6-4-7-11(13)8-10/h4,6-9H,1-2H3,(H,14,15). The molecule has 0 radical (unpaired) electrons. The minimum Gasteiger partial charge on any atom is -0.339 e. The highest BCUT2D eigenvalue weighted by Gasteiger charge is 2.07. The fraction of sp³-hybridized carbons (Fsp3) is 0.250. The number of nitrogens with one attached hydrogen (secondary N) is 1. The monoisotopic (exact) mass is 265 g/mol. The number of amides is 1. The van der Waals surface area contributed by atoms with Crippen molar-refractivity contribution in [3.05, 3.63) is 34.3 Å². The molecule has 3 heteroatoms. The van der Waals surface area contributed by atoms with Crippen LogP contribution in [0.15, 0.2) is 28.7 Å². The fourth-order valence-electron chi connectivity index (χ4n) is 1.21. The molecule has 0 saturated carbocycles. The van der Waals surface area contributed by atoms with E-state index in [0.717, 1.165) is 10.0 Å². The lowest BCUT2D eigenvalue weighted by Gasteiger charge is -2.12. The maximum atomic E-state index is 11.2. The SMILES string of the molecule is CC#CC(=O)NC(C)c1cccc(Br)c1. The van der Waals surface area contributed by atoms with E-state index >= 15 is 0 Å². The van der Waals surface area contributed by atoms with Gasteiger partial charge in [0, 0.05) is 4.47 Å². The van der Waals surface area contributed by atoms with Crippen molar-refractivity contribution in [2.45, 2.75) is 19.9 Å². The number of rotatable bonds is 2. The summed E-state index contributed by atoms with van der Waals surface area (Å²) < 4.78 is 1.00. The van der Waals surface area contributed by atoms with Gasteiger partial charge in [0.25, 0.3) is 5.91 Å². The summed E-state index contributed by atoms with van der Waals surface area (Å²) in [6.45, 7) is 3.57. The summed E-state index contributed by atoms with van der Waals surface area (Å²) in [5.74, 6) is 4.77. The molecule has 0 aromatic heterocycles. The molecule has 0 aliphatic carbocycles. The summed E-state index contributed by atoms with van der Waals surface area (Å²) >= 11 is 3.39. The van der Waals surface area contributed by atoms with Gasteiger partial charge in [0.15, 0.2) is 0 Å². The lowest BCUT2D eigenvalue weighted by atomic mass is 10.1. The first kappa shape index (κ1) is 11.8. The van der Waals surface area contributed by atoms with Crippen LogP contribution in [-0.2, 0) is 4.79 Å². The van der Waals surface area contributed by atoms with E-state index in [2.05, 4.69) is 33.1 Å². The van der Waals surface area contributed by atoms with E-state index in [1.165, 1.54) is 0 Å². The third-order valence-corrected chi connectivity index (χ3v) is 2.43. The second-order valence-corrected chi connectivity index (χ2v) is 4.04. The molecule has 0 fully saturated rings.